The van der Waals surface area contributed by atoms with E-state index in [9.17, 15) is 0 Å². The second kappa shape index (κ2) is 3.57. The summed E-state index contributed by atoms with van der Waals surface area (Å²) >= 11 is 9.14. The Kier molecular flexibility index (Phi) is 3.27. The molecule has 0 bridgehead atoms. The number of hydrogen-bond acceptors (Lipinski definition) is 1. The minimum Gasteiger partial charge on any atom is -0.251 e. The highest BCUT2D eigenvalue weighted by Gasteiger charge is 2.20. The van der Waals surface area contributed by atoms with Crippen LogP contribution in [0.15, 0.2) is 9.21 Å². The maximum absolute atomic E-state index is 4.36. The van der Waals surface area contributed by atoms with Crippen LogP contribution in [0.4, 0.5) is 0 Å². The molecule has 0 aliphatic carbocycles. The summed E-state index contributed by atoms with van der Waals surface area (Å²) in [5.41, 5.74) is 0.0186. The molecule has 0 aliphatic rings. The van der Waals surface area contributed by atoms with Gasteiger partial charge in [0.2, 0.25) is 0 Å². The molecule has 0 N–H and O–H groups in total. The van der Waals surface area contributed by atoms with Crippen molar-refractivity contribution in [1.82, 2.24) is 9.78 Å². The molecule has 0 saturated heterocycles. The van der Waals surface area contributed by atoms with Gasteiger partial charge in [-0.1, -0.05) is 0 Å². The summed E-state index contributed by atoms with van der Waals surface area (Å²) in [5.74, 6) is 0. The molecule has 0 fully saturated rings. The van der Waals surface area contributed by atoms with Crippen LogP contribution in [0.5, 0.6) is 0 Å². The van der Waals surface area contributed by atoms with Gasteiger partial charge in [-0.2, -0.15) is 5.10 Å². The molecule has 0 amide bonds. The first-order valence-electron chi connectivity index (χ1n) is 3.44. The number of halogens is 3. The average molecular weight is 408 g/mol. The van der Waals surface area contributed by atoms with Crippen molar-refractivity contribution in [3.8, 4) is 0 Å². The van der Waals surface area contributed by atoms with Crippen LogP contribution in [0.1, 0.15) is 20.8 Å². The maximum atomic E-state index is 4.36. The van der Waals surface area contributed by atoms with Gasteiger partial charge in [0, 0.05) is 0 Å². The standard InChI is InChI=1S/C7H9Br2IN2/c1-7(2,3)12-6(9)4(10)5(8)11-12/h1-3H3. The van der Waals surface area contributed by atoms with Crippen LogP contribution < -0.4 is 0 Å². The summed E-state index contributed by atoms with van der Waals surface area (Å²) in [4.78, 5) is 0. The van der Waals surface area contributed by atoms with Crippen LogP contribution in [-0.2, 0) is 5.54 Å². The molecule has 0 saturated carbocycles. The number of nitrogens with zero attached hydrogens (tertiary/aromatic N) is 2. The molecule has 1 aromatic heterocycles. The van der Waals surface area contributed by atoms with Crippen molar-refractivity contribution >= 4 is 54.5 Å². The molecule has 0 radical (unpaired) electrons. The lowest BCUT2D eigenvalue weighted by Gasteiger charge is -2.20. The van der Waals surface area contributed by atoms with E-state index in [1.54, 1.807) is 0 Å². The van der Waals surface area contributed by atoms with Gasteiger partial charge < -0.3 is 0 Å². The molecule has 5 heteroatoms. The fourth-order valence-electron chi connectivity index (χ4n) is 0.798. The highest BCUT2D eigenvalue weighted by Crippen LogP contribution is 2.30. The number of aromatic nitrogens is 2. The van der Waals surface area contributed by atoms with Crippen molar-refractivity contribution in [2.75, 3.05) is 0 Å². The van der Waals surface area contributed by atoms with Crippen LogP contribution >= 0.6 is 54.5 Å². The molecule has 68 valence electrons. The van der Waals surface area contributed by atoms with E-state index in [-0.39, 0.29) is 5.54 Å². The monoisotopic (exact) mass is 406 g/mol. The maximum Gasteiger partial charge on any atom is 0.142 e. The molecule has 0 unspecified atom stereocenters. The van der Waals surface area contributed by atoms with E-state index in [1.807, 2.05) is 4.68 Å². The lowest BCUT2D eigenvalue weighted by molar-refractivity contribution is 0.347. The SMILES string of the molecule is CC(C)(C)n1nc(Br)c(I)c1Br. The van der Waals surface area contributed by atoms with E-state index in [0.717, 1.165) is 12.8 Å². The first-order chi connectivity index (χ1) is 5.34. The van der Waals surface area contributed by atoms with Crippen molar-refractivity contribution in [3.63, 3.8) is 0 Å². The normalized spacial score (nSPS) is 12.2. The molecule has 0 spiro atoms. The predicted octanol–water partition coefficient (Wildman–Crippen LogP) is 3.77. The molecule has 12 heavy (non-hydrogen) atoms. The van der Waals surface area contributed by atoms with Gasteiger partial charge in [0.05, 0.1) is 9.11 Å². The first-order valence-corrected chi connectivity index (χ1v) is 6.10. The lowest BCUT2D eigenvalue weighted by atomic mass is 10.1. The molecule has 1 rings (SSSR count). The van der Waals surface area contributed by atoms with E-state index in [0.29, 0.717) is 0 Å². The third-order valence-electron chi connectivity index (χ3n) is 1.37. The Balaban J connectivity index is 3.28. The molecule has 0 aliphatic heterocycles. The Labute approximate surface area is 102 Å². The van der Waals surface area contributed by atoms with Gasteiger partial charge in [-0.25, -0.2) is 0 Å². The smallest absolute Gasteiger partial charge is 0.142 e. The van der Waals surface area contributed by atoms with Gasteiger partial charge in [0.15, 0.2) is 0 Å². The molecule has 1 heterocycles. The van der Waals surface area contributed by atoms with Crippen LogP contribution in [0, 0.1) is 3.57 Å². The third-order valence-corrected chi connectivity index (χ3v) is 5.16. The van der Waals surface area contributed by atoms with Crippen molar-refractivity contribution in [2.24, 2.45) is 0 Å². The molecule has 0 aromatic carbocycles. The van der Waals surface area contributed by atoms with Crippen molar-refractivity contribution in [2.45, 2.75) is 26.3 Å². The summed E-state index contributed by atoms with van der Waals surface area (Å²) in [6, 6.07) is 0. The molecule has 1 aromatic rings. The van der Waals surface area contributed by atoms with Gasteiger partial charge in [-0.05, 0) is 75.2 Å². The van der Waals surface area contributed by atoms with Crippen LogP contribution in [0.25, 0.3) is 0 Å². The zero-order valence-electron chi connectivity index (χ0n) is 7.03. The van der Waals surface area contributed by atoms with Gasteiger partial charge >= 0.3 is 0 Å². The molecule has 0 atom stereocenters. The summed E-state index contributed by atoms with van der Waals surface area (Å²) in [6.07, 6.45) is 0. The first kappa shape index (κ1) is 11.0. The fourth-order valence-corrected chi connectivity index (χ4v) is 2.55. The highest BCUT2D eigenvalue weighted by atomic mass is 127. The summed E-state index contributed by atoms with van der Waals surface area (Å²) in [6.45, 7) is 6.36. The van der Waals surface area contributed by atoms with E-state index in [2.05, 4.69) is 80.3 Å². The second-order valence-electron chi connectivity index (χ2n) is 3.48. The van der Waals surface area contributed by atoms with Crippen LogP contribution in [-0.4, -0.2) is 9.78 Å². The quantitative estimate of drug-likeness (QED) is 0.599. The van der Waals surface area contributed by atoms with Gasteiger partial charge in [-0.15, -0.1) is 0 Å². The molecular formula is C7H9Br2IN2. The minimum atomic E-state index is 0.0186. The van der Waals surface area contributed by atoms with Crippen molar-refractivity contribution < 1.29 is 0 Å². The molecule has 2 nitrogen and oxygen atoms in total. The Hall–Kier alpha value is 0.900. The third kappa shape index (κ3) is 2.04. The Morgan fingerprint density at radius 1 is 1.33 bits per heavy atom. The van der Waals surface area contributed by atoms with E-state index < -0.39 is 0 Å². The van der Waals surface area contributed by atoms with Crippen molar-refractivity contribution in [1.29, 1.82) is 0 Å². The van der Waals surface area contributed by atoms with Crippen LogP contribution in [0.2, 0.25) is 0 Å². The van der Waals surface area contributed by atoms with E-state index >= 15 is 0 Å². The summed E-state index contributed by atoms with van der Waals surface area (Å²) in [5, 5.41) is 4.36. The average Bonchev–Trinajstić information content (AvgIpc) is 2.15. The summed E-state index contributed by atoms with van der Waals surface area (Å²) in [7, 11) is 0. The molecular weight excluding hydrogens is 399 g/mol. The predicted molar refractivity (Wildman–Crippen MR) is 65.3 cm³/mol. The van der Waals surface area contributed by atoms with Crippen molar-refractivity contribution in [3.05, 3.63) is 12.8 Å². The van der Waals surface area contributed by atoms with E-state index in [4.69, 9.17) is 0 Å². The zero-order valence-corrected chi connectivity index (χ0v) is 12.4. The Morgan fingerprint density at radius 2 is 1.83 bits per heavy atom. The lowest BCUT2D eigenvalue weighted by Crippen LogP contribution is -2.23. The minimum absolute atomic E-state index is 0.0186. The largest absolute Gasteiger partial charge is 0.251 e. The number of hydrogen-bond donors (Lipinski definition) is 0. The van der Waals surface area contributed by atoms with Gasteiger partial charge in [-0.3, -0.25) is 4.68 Å². The van der Waals surface area contributed by atoms with Gasteiger partial charge in [0.25, 0.3) is 0 Å². The fraction of sp³-hybridized carbons (Fsp3) is 0.571. The topological polar surface area (TPSA) is 17.8 Å². The Bertz CT molecular complexity index is 301. The second-order valence-corrected chi connectivity index (χ2v) is 6.06. The highest BCUT2D eigenvalue weighted by molar-refractivity contribution is 14.1. The van der Waals surface area contributed by atoms with Gasteiger partial charge in [0.1, 0.15) is 9.21 Å². The Morgan fingerprint density at radius 3 is 2.00 bits per heavy atom. The zero-order chi connectivity index (χ0) is 9.52. The summed E-state index contributed by atoms with van der Waals surface area (Å²) < 4.78 is 4.99. The van der Waals surface area contributed by atoms with Crippen LogP contribution in [0.3, 0.4) is 0 Å². The number of rotatable bonds is 0. The van der Waals surface area contributed by atoms with E-state index in [1.165, 1.54) is 0 Å².